The fourth-order valence-electron chi connectivity index (χ4n) is 4.54. The quantitative estimate of drug-likeness (QED) is 0.0716. The standard InChI is InChI=1S/C23H45BIO5P/c1-3-4-5-6-7-8-9-10-11-12-13-14-15-16-17-29-23-21(24)18-20(19-28-2)22(23)30-31(25,26)27/h20-23H,3-19H2,1-2H3,(H,26,27)/t20-,21-,22?,23?/m1/s1. The Balaban J connectivity index is 2.06. The first-order valence-electron chi connectivity index (χ1n) is 12.5. The molecule has 5 atom stereocenters. The molecule has 1 aliphatic carbocycles. The minimum Gasteiger partial charge on any atom is -0.384 e. The van der Waals surface area contributed by atoms with Gasteiger partial charge in [0, 0.05) is 19.6 Å². The molecular weight excluding hydrogens is 525 g/mol. The monoisotopic (exact) mass is 570 g/mol. The fraction of sp³-hybridized carbons (Fsp3) is 1.00. The van der Waals surface area contributed by atoms with Crippen LogP contribution in [0.5, 0.6) is 0 Å². The van der Waals surface area contributed by atoms with E-state index < -0.39 is 11.3 Å². The van der Waals surface area contributed by atoms with Crippen LogP contribution in [0.4, 0.5) is 0 Å². The highest BCUT2D eigenvalue weighted by Gasteiger charge is 2.45. The van der Waals surface area contributed by atoms with Gasteiger partial charge >= 0.3 is 5.24 Å². The topological polar surface area (TPSA) is 65.0 Å². The second kappa shape index (κ2) is 18.2. The highest BCUT2D eigenvalue weighted by molar-refractivity contribution is 14.2. The Kier molecular flexibility index (Phi) is 17.6. The molecular formula is C23H45BIO5P. The SMILES string of the molecule is [B][C@@H]1C[C@H](COC)C(OP(=O)(O)I)C1OCCCCCCCCCCCCCCCC. The van der Waals surface area contributed by atoms with Crippen molar-refractivity contribution in [2.75, 3.05) is 20.3 Å². The van der Waals surface area contributed by atoms with E-state index in [4.69, 9.17) is 21.8 Å². The summed E-state index contributed by atoms with van der Waals surface area (Å²) in [7, 11) is 7.85. The minimum absolute atomic E-state index is 0.0171. The Hall–Kier alpha value is 0.865. The first-order valence-corrected chi connectivity index (χ1v) is 16.8. The van der Waals surface area contributed by atoms with E-state index in [0.29, 0.717) is 19.6 Å². The van der Waals surface area contributed by atoms with Gasteiger partial charge < -0.3 is 14.4 Å². The van der Waals surface area contributed by atoms with E-state index in [2.05, 4.69) is 6.92 Å². The second-order valence-corrected chi connectivity index (χ2v) is 13.8. The van der Waals surface area contributed by atoms with Crippen LogP contribution in [0.3, 0.4) is 0 Å². The minimum atomic E-state index is -3.64. The van der Waals surface area contributed by atoms with E-state index in [1.807, 2.05) is 0 Å². The molecule has 0 bridgehead atoms. The number of hydrogen-bond donors (Lipinski definition) is 1. The molecule has 0 spiro atoms. The van der Waals surface area contributed by atoms with Crippen molar-refractivity contribution in [3.8, 4) is 0 Å². The van der Waals surface area contributed by atoms with Crippen molar-refractivity contribution >= 4 is 35.1 Å². The highest BCUT2D eigenvalue weighted by Crippen LogP contribution is 2.56. The molecule has 2 radical (unpaired) electrons. The molecule has 182 valence electrons. The largest absolute Gasteiger partial charge is 0.386 e. The summed E-state index contributed by atoms with van der Waals surface area (Å²) in [5.74, 6) is -0.212. The molecule has 0 aliphatic heterocycles. The van der Waals surface area contributed by atoms with Crippen LogP contribution in [-0.4, -0.2) is 45.3 Å². The van der Waals surface area contributed by atoms with Crippen LogP contribution in [0.1, 0.15) is 103 Å². The van der Waals surface area contributed by atoms with E-state index in [9.17, 15) is 9.46 Å². The third-order valence-electron chi connectivity index (χ3n) is 6.23. The van der Waals surface area contributed by atoms with E-state index in [0.717, 1.165) is 12.8 Å². The molecule has 0 heterocycles. The molecule has 0 aromatic rings. The lowest BCUT2D eigenvalue weighted by Crippen LogP contribution is -2.33. The van der Waals surface area contributed by atoms with Gasteiger partial charge in [-0.15, -0.1) is 0 Å². The number of hydrogen-bond acceptors (Lipinski definition) is 4. The van der Waals surface area contributed by atoms with E-state index in [1.54, 1.807) is 7.11 Å². The summed E-state index contributed by atoms with van der Waals surface area (Å²) in [6.07, 6.45) is 18.4. The Morgan fingerprint density at radius 3 is 1.84 bits per heavy atom. The fourth-order valence-corrected chi connectivity index (χ4v) is 5.92. The number of unbranched alkanes of at least 4 members (excludes halogenated alkanes) is 13. The number of rotatable bonds is 20. The van der Waals surface area contributed by atoms with E-state index in [1.165, 1.54) is 99.1 Å². The Labute approximate surface area is 205 Å². The summed E-state index contributed by atoms with van der Waals surface area (Å²) in [4.78, 5) is 9.65. The molecule has 1 fully saturated rings. The normalized spacial score (nSPS) is 25.7. The highest BCUT2D eigenvalue weighted by atomic mass is 127. The van der Waals surface area contributed by atoms with Crippen LogP contribution < -0.4 is 0 Å². The average Bonchev–Trinajstić information content (AvgIpc) is 2.98. The van der Waals surface area contributed by atoms with Crippen molar-refractivity contribution in [3.63, 3.8) is 0 Å². The van der Waals surface area contributed by atoms with Crippen molar-refractivity contribution < 1.29 is 23.5 Å². The number of halogens is 1. The van der Waals surface area contributed by atoms with Crippen molar-refractivity contribution in [2.24, 2.45) is 5.92 Å². The zero-order chi connectivity index (χ0) is 23.0. The molecule has 8 heteroatoms. The van der Waals surface area contributed by atoms with Gasteiger partial charge in [0.05, 0.1) is 48.7 Å². The second-order valence-electron chi connectivity index (χ2n) is 9.07. The van der Waals surface area contributed by atoms with Crippen molar-refractivity contribution in [1.29, 1.82) is 0 Å². The lowest BCUT2D eigenvalue weighted by molar-refractivity contribution is -0.0318. The maximum Gasteiger partial charge on any atom is 0.386 e. The number of ether oxygens (including phenoxy) is 2. The van der Waals surface area contributed by atoms with Crippen molar-refractivity contribution in [3.05, 3.63) is 0 Å². The zero-order valence-electron chi connectivity index (χ0n) is 19.8. The summed E-state index contributed by atoms with van der Waals surface area (Å²) in [5, 5.41) is -3.64. The Bertz CT molecular complexity index is 479. The Morgan fingerprint density at radius 1 is 0.903 bits per heavy atom. The molecule has 0 aromatic carbocycles. The van der Waals surface area contributed by atoms with Crippen molar-refractivity contribution in [1.82, 2.24) is 0 Å². The van der Waals surface area contributed by atoms with Gasteiger partial charge in [-0.3, -0.25) is 4.52 Å². The lowest BCUT2D eigenvalue weighted by atomic mass is 9.83. The van der Waals surface area contributed by atoms with Gasteiger partial charge in [-0.25, -0.2) is 4.57 Å². The number of methoxy groups -OCH3 is 1. The third-order valence-corrected chi connectivity index (χ3v) is 7.41. The lowest BCUT2D eigenvalue weighted by Gasteiger charge is -2.27. The maximum atomic E-state index is 11.8. The van der Waals surface area contributed by atoms with Crippen LogP contribution in [-0.2, 0) is 18.6 Å². The zero-order valence-corrected chi connectivity index (χ0v) is 22.9. The van der Waals surface area contributed by atoms with Gasteiger partial charge in [-0.05, 0) is 18.7 Å². The van der Waals surface area contributed by atoms with E-state index in [-0.39, 0.29) is 17.8 Å². The summed E-state index contributed by atoms with van der Waals surface area (Å²) >= 11 is 1.45. The van der Waals surface area contributed by atoms with Gasteiger partial charge in [0.15, 0.2) is 0 Å². The first kappa shape index (κ1) is 29.9. The average molecular weight is 570 g/mol. The molecule has 1 aliphatic rings. The predicted octanol–water partition coefficient (Wildman–Crippen LogP) is 7.40. The molecule has 1 saturated carbocycles. The maximum absolute atomic E-state index is 11.8. The predicted molar refractivity (Wildman–Crippen MR) is 138 cm³/mol. The summed E-state index contributed by atoms with van der Waals surface area (Å²) < 4.78 is 28.5. The summed E-state index contributed by atoms with van der Waals surface area (Å²) in [6, 6.07) is 0. The van der Waals surface area contributed by atoms with Crippen molar-refractivity contribution in [2.45, 2.75) is 121 Å². The van der Waals surface area contributed by atoms with Gasteiger partial charge in [0.2, 0.25) is 0 Å². The van der Waals surface area contributed by atoms with Crippen LogP contribution in [0.2, 0.25) is 5.82 Å². The smallest absolute Gasteiger partial charge is 0.384 e. The molecule has 5 nitrogen and oxygen atoms in total. The third kappa shape index (κ3) is 14.7. The Morgan fingerprint density at radius 2 is 1.39 bits per heavy atom. The molecule has 1 N–H and O–H groups in total. The van der Waals surface area contributed by atoms with Crippen LogP contribution >= 0.6 is 27.3 Å². The van der Waals surface area contributed by atoms with Crippen LogP contribution in [0.15, 0.2) is 0 Å². The van der Waals surface area contributed by atoms with Crippen LogP contribution in [0, 0.1) is 5.92 Å². The van der Waals surface area contributed by atoms with Gasteiger partial charge in [-0.1, -0.05) is 90.4 Å². The van der Waals surface area contributed by atoms with E-state index >= 15 is 0 Å². The van der Waals surface area contributed by atoms with Gasteiger partial charge in [0.1, 0.15) is 0 Å². The molecule has 1 rings (SSSR count). The molecule has 0 saturated heterocycles. The summed E-state index contributed by atoms with van der Waals surface area (Å²) in [5.41, 5.74) is 0. The molecule has 31 heavy (non-hydrogen) atoms. The molecule has 3 unspecified atom stereocenters. The van der Waals surface area contributed by atoms with Gasteiger partial charge in [-0.2, -0.15) is 0 Å². The van der Waals surface area contributed by atoms with Gasteiger partial charge in [0.25, 0.3) is 0 Å². The summed E-state index contributed by atoms with van der Waals surface area (Å²) in [6.45, 7) is 3.34. The molecule has 0 amide bonds. The first-order chi connectivity index (χ1) is 14.9. The molecule has 0 aromatic heterocycles. The van der Waals surface area contributed by atoms with Crippen LogP contribution in [0.25, 0.3) is 0 Å².